The molecule has 145 heavy (non-hydrogen) atoms. The van der Waals surface area contributed by atoms with Crippen LogP contribution in [0.1, 0.15) is 78.4 Å². The van der Waals surface area contributed by atoms with E-state index in [9.17, 15) is 69.3 Å². The molecule has 34 nitrogen and oxygen atoms in total. The number of nitrogens with one attached hydrogen (secondary N) is 10. The van der Waals surface area contributed by atoms with Gasteiger partial charge < -0.3 is 184 Å². The summed E-state index contributed by atoms with van der Waals surface area (Å²) in [7, 11) is 25.7. The van der Waals surface area contributed by atoms with Crippen molar-refractivity contribution in [3.05, 3.63) is 259 Å². The molecular weight excluding hydrogens is 2080 g/mol. The molecule has 10 amide bonds. The van der Waals surface area contributed by atoms with Crippen LogP contribution in [0, 0.1) is 0 Å². The summed E-state index contributed by atoms with van der Waals surface area (Å²) in [6.45, 7) is 58.3. The van der Waals surface area contributed by atoms with Crippen molar-refractivity contribution in [3.8, 4) is 0 Å². The fraction of sp³-hybridized carbons (Fsp3) is 0.480. The minimum absolute atomic E-state index is 0. The second-order valence-corrected chi connectivity index (χ2v) is 40.8. The van der Waals surface area contributed by atoms with Crippen molar-refractivity contribution < 1.29 is 239 Å². The van der Waals surface area contributed by atoms with E-state index in [1.54, 1.807) is 13.8 Å². The third-order valence-electron chi connectivity index (χ3n) is 17.3. The quantitative estimate of drug-likeness (QED) is 0.00489. The SMILES string of the molecule is C=C(C)C(=O)NCCC[N+](C)(C)C.C=C(C)C(=O)NCC[N+](C)(C)C.C=CC(=O)NC(C)(C)CS(=O)(=O)O.C=CC(=O)NC(C)(C)CS(=O)(=O)[O-].C=CC(=O)NCCC[N+](C)(C)C.C=CC(=O)NCCC[N+](C)(C)Cc1ccccc1.C=CC(=O)NCCC[n+]1ccccc1.C=CC(=O)NCC[N+](C)(C)C.C=CC(=O)NCC[N+](C)(C)Cc1ccccc1.C=CC(=O)NCC[n+]1ccccc1.[Cl-].[Cl-].[Cl-].[Cl-].[Cl-].[Cl-].[Cl-].[Cl-].[Na+]. The largest absolute Gasteiger partial charge is 1.00 e. The maximum atomic E-state index is 11.1. The van der Waals surface area contributed by atoms with Crippen LogP contribution in [-0.4, -0.2) is 339 Å². The van der Waals surface area contributed by atoms with Gasteiger partial charge in [-0.1, -0.05) is 139 Å². The van der Waals surface area contributed by atoms with Crippen molar-refractivity contribution in [2.24, 2.45) is 0 Å². The number of halogens is 8. The third-order valence-corrected chi connectivity index (χ3v) is 19.4. The molecule has 0 spiro atoms. The van der Waals surface area contributed by atoms with Gasteiger partial charge in [0, 0.05) is 104 Å². The number of aromatic nitrogens is 2. The van der Waals surface area contributed by atoms with Crippen LogP contribution in [0.5, 0.6) is 0 Å². The van der Waals surface area contributed by atoms with Crippen LogP contribution in [0.2, 0.25) is 0 Å². The summed E-state index contributed by atoms with van der Waals surface area (Å²) in [4.78, 5) is 109. The first-order valence-corrected chi connectivity index (χ1v) is 47.7. The Morgan fingerprint density at radius 1 is 0.331 bits per heavy atom. The smallest absolute Gasteiger partial charge is 1.00 e. The molecule has 2 aromatic carbocycles. The second kappa shape index (κ2) is 94.2. The van der Waals surface area contributed by atoms with Crippen LogP contribution in [0.25, 0.3) is 0 Å². The van der Waals surface area contributed by atoms with E-state index in [0.717, 1.165) is 143 Å². The van der Waals surface area contributed by atoms with E-state index in [1.807, 2.05) is 77.9 Å². The number of pyridine rings is 2. The number of likely N-dealkylation sites (N-methyl/N-ethyl adjacent to an activating group) is 3. The molecule has 0 aliphatic heterocycles. The van der Waals surface area contributed by atoms with E-state index < -0.39 is 54.6 Å². The third kappa shape index (κ3) is 128. The predicted molar refractivity (Wildman–Crippen MR) is 548 cm³/mol. The molecule has 0 aliphatic rings. The molecule has 45 heteroatoms. The molecule has 0 aliphatic carbocycles. The van der Waals surface area contributed by atoms with Gasteiger partial charge in [-0.2, -0.15) is 8.42 Å². The van der Waals surface area contributed by atoms with Gasteiger partial charge in [0.05, 0.1) is 205 Å². The molecule has 4 rings (SSSR count). The minimum Gasteiger partial charge on any atom is -1.00 e. The Labute approximate surface area is 942 Å². The summed E-state index contributed by atoms with van der Waals surface area (Å²) in [5.41, 5.74) is 1.73. The number of aryl methyl sites for hydroxylation is 1. The Kier molecular flexibility index (Phi) is 110. The fourth-order valence-electron chi connectivity index (χ4n) is 10.5. The van der Waals surface area contributed by atoms with Gasteiger partial charge in [-0.05, 0) is 90.2 Å². The molecule has 4 aromatic rings. The van der Waals surface area contributed by atoms with E-state index in [2.05, 4.69) is 285 Å². The fourth-order valence-corrected chi connectivity index (χ4v) is 12.4. The van der Waals surface area contributed by atoms with Crippen molar-refractivity contribution in [2.45, 2.75) is 104 Å². The summed E-state index contributed by atoms with van der Waals surface area (Å²) >= 11 is 0. The van der Waals surface area contributed by atoms with Crippen molar-refractivity contribution in [1.29, 1.82) is 0 Å². The molecule has 828 valence electrons. The van der Waals surface area contributed by atoms with Gasteiger partial charge in [-0.15, -0.1) is 0 Å². The van der Waals surface area contributed by atoms with Crippen molar-refractivity contribution in [2.75, 3.05) is 216 Å². The first kappa shape index (κ1) is 170. The summed E-state index contributed by atoms with van der Waals surface area (Å²) < 4.78 is 70.1. The monoisotopic (exact) mass is 2250 g/mol. The first-order chi connectivity index (χ1) is 62.6. The number of carbonyl (C=O) groups excluding carboxylic acids is 10. The van der Waals surface area contributed by atoms with Crippen molar-refractivity contribution in [3.63, 3.8) is 0 Å². The van der Waals surface area contributed by atoms with Crippen LogP contribution in [-0.2, 0) is 94.4 Å². The summed E-state index contributed by atoms with van der Waals surface area (Å²) in [6.07, 6.45) is 21.6. The van der Waals surface area contributed by atoms with Crippen molar-refractivity contribution in [1.82, 2.24) is 53.2 Å². The summed E-state index contributed by atoms with van der Waals surface area (Å²) in [6, 6.07) is 32.7. The number of hydrogen-bond donors (Lipinski definition) is 11. The average molecular weight is 2250 g/mol. The molecular formula is C100H173Cl8N18NaO16S2. The molecule has 11 N–H and O–H groups in total. The zero-order valence-electron chi connectivity index (χ0n) is 90.2. The Bertz CT molecular complexity index is 4470. The molecule has 0 fully saturated rings. The number of rotatable bonds is 48. The number of amides is 10. The van der Waals surface area contributed by atoms with Gasteiger partial charge >= 0.3 is 29.6 Å². The molecule has 0 saturated carbocycles. The molecule has 0 bridgehead atoms. The molecule has 0 radical (unpaired) electrons. The number of nitrogens with zero attached hydrogens (tertiary/aromatic N) is 8. The van der Waals surface area contributed by atoms with Crippen LogP contribution in [0.4, 0.5) is 0 Å². The van der Waals surface area contributed by atoms with E-state index in [4.69, 9.17) is 4.55 Å². The van der Waals surface area contributed by atoms with Crippen LogP contribution in [0.15, 0.2) is 247 Å². The Morgan fingerprint density at radius 2 is 0.566 bits per heavy atom. The Balaban J connectivity index is -0.0000000993. The standard InChI is InChI=1S/C15H22N2O.C14H20N2O.C11H14N2O.C10H12N2O.C10H20N2O.2C9H18N2O.C8H16N2O.2C7H13NO4S.8ClH.Na/c1-4-15(18)16-11-8-12-17(2,3)13-14-9-6-5-7-10-14;1-4-14(17)15-10-11-16(2,3)12-13-8-6-5-7-9-13;1-2-11(14)12-7-6-10-13-8-4-3-5-9-13;1-2-10(13)11-6-9-12-7-4-3-5-8-12;1-9(2)10(13)11-7-6-8-12(3,4)5;1-8(2)9(12)10-6-7-11(3,4)5;1-5-9(12)10-7-6-8-11(2,3)4;1-5-8(11)9-6-7-10(2,3)4;2*1-4-6(9)8-7(2,3)5-13(10,11)12;;;;;;;;;/h4-7,9-10H,1,8,11-13H2,2-3H3;4-9H,1,10-12H2,2-3H3;2-5,8-9H,1,6-7,10H2;2-5,7-8H,1,6,9H2;1,6-8H2,2-5H3;1,6-7H2,2-5H3;5H,1,6-8H2,2-4H3;5H,1,6-7H2,2-4H3;2*4H,1,5H2,2-3H3,(H,8,9)(H,10,11,12);8*1H;/q;;;;;;;;;;;;;;;;;;+1/p-1. The van der Waals surface area contributed by atoms with Crippen LogP contribution >= 0.6 is 0 Å². The normalized spacial score (nSPS) is 10.2. The minimum atomic E-state index is -4.33. The molecule has 2 aromatic heterocycles. The predicted octanol–water partition coefficient (Wildman–Crippen LogP) is -21.4. The van der Waals surface area contributed by atoms with E-state index in [-0.39, 0.29) is 176 Å². The molecule has 0 saturated heterocycles. The van der Waals surface area contributed by atoms with Gasteiger partial charge in [-0.25, -0.2) is 17.6 Å². The average Bonchev–Trinajstić information content (AvgIpc) is 0.884. The van der Waals surface area contributed by atoms with Gasteiger partial charge in [0.15, 0.2) is 31.3 Å². The van der Waals surface area contributed by atoms with Gasteiger partial charge in [0.25, 0.3) is 10.1 Å². The number of hydrogen-bond acceptors (Lipinski definition) is 15. The molecule has 2 heterocycles. The number of benzene rings is 2. The van der Waals surface area contributed by atoms with E-state index in [0.29, 0.717) is 50.4 Å². The van der Waals surface area contributed by atoms with Crippen molar-refractivity contribution >= 4 is 79.3 Å². The maximum absolute atomic E-state index is 11.1. The topological polar surface area (TPSA) is 410 Å². The number of carbonyl (C=O) groups is 10. The Morgan fingerprint density at radius 3 is 0.848 bits per heavy atom. The first-order valence-electron chi connectivity index (χ1n) is 44.5. The van der Waals surface area contributed by atoms with Gasteiger partial charge in [0.2, 0.25) is 59.1 Å². The van der Waals surface area contributed by atoms with Gasteiger partial charge in [-0.3, -0.25) is 52.5 Å². The molecule has 0 atom stereocenters. The summed E-state index contributed by atoms with van der Waals surface area (Å²) in [5.74, 6) is -2.87. The molecule has 0 unspecified atom stereocenters. The van der Waals surface area contributed by atoms with E-state index >= 15 is 0 Å². The maximum Gasteiger partial charge on any atom is 1.00 e. The zero-order valence-corrected chi connectivity index (χ0v) is 99.9. The number of quaternary nitrogens is 6. The zero-order chi connectivity index (χ0) is 106. The second-order valence-electron chi connectivity index (χ2n) is 37.9. The van der Waals surface area contributed by atoms with E-state index in [1.165, 1.54) is 75.3 Å². The Hall–Kier alpha value is -8.26. The van der Waals surface area contributed by atoms with Crippen LogP contribution in [0.3, 0.4) is 0 Å². The summed E-state index contributed by atoms with van der Waals surface area (Å²) in [5, 5.41) is 26.8. The van der Waals surface area contributed by atoms with Gasteiger partial charge in [0.1, 0.15) is 19.6 Å². The van der Waals surface area contributed by atoms with Crippen LogP contribution < -0.4 is 191 Å².